The molecule has 0 bridgehead atoms. The fourth-order valence-corrected chi connectivity index (χ4v) is 5.24. The number of carboxylic acid groups (broad SMARTS) is 1. The van der Waals surface area contributed by atoms with Crippen LogP contribution in [0.2, 0.25) is 0 Å². The van der Waals surface area contributed by atoms with E-state index in [9.17, 15) is 9.59 Å². The van der Waals surface area contributed by atoms with Gasteiger partial charge in [0.15, 0.2) is 0 Å². The Morgan fingerprint density at radius 2 is 2.20 bits per heavy atom. The van der Waals surface area contributed by atoms with Gasteiger partial charge in [-0.15, -0.1) is 0 Å². The Kier molecular flexibility index (Phi) is 6.35. The van der Waals surface area contributed by atoms with E-state index in [0.29, 0.717) is 11.8 Å². The number of urea groups is 1. The number of nitrogens with one attached hydrogen (secondary N) is 1. The van der Waals surface area contributed by atoms with Crippen molar-refractivity contribution in [1.29, 1.82) is 0 Å². The summed E-state index contributed by atoms with van der Waals surface area (Å²) in [5.41, 5.74) is 0. The van der Waals surface area contributed by atoms with Gasteiger partial charge in [0.2, 0.25) is 0 Å². The number of carboxylic acids is 1. The second kappa shape index (κ2) is 8.02. The summed E-state index contributed by atoms with van der Waals surface area (Å²) >= 11 is 3.88. The van der Waals surface area contributed by atoms with Crippen molar-refractivity contribution in [3.8, 4) is 0 Å². The minimum atomic E-state index is -0.770. The first-order valence-electron chi connectivity index (χ1n) is 7.09. The van der Waals surface area contributed by atoms with Crippen molar-refractivity contribution >= 4 is 35.5 Å². The van der Waals surface area contributed by atoms with Gasteiger partial charge in [0.1, 0.15) is 0 Å². The van der Waals surface area contributed by atoms with Gasteiger partial charge in [-0.05, 0) is 18.8 Å². The number of nitrogens with zero attached hydrogens (tertiary/aromatic N) is 1. The summed E-state index contributed by atoms with van der Waals surface area (Å²) in [7, 11) is 0. The highest BCUT2D eigenvalue weighted by Crippen LogP contribution is 2.23. The molecule has 0 aromatic heterocycles. The number of carbonyl (C=O) groups excluding carboxylic acids is 1. The minimum Gasteiger partial charge on any atom is -0.481 e. The van der Waals surface area contributed by atoms with E-state index in [1.54, 1.807) is 4.90 Å². The third-order valence-corrected chi connectivity index (χ3v) is 6.48. The maximum Gasteiger partial charge on any atom is 0.317 e. The van der Waals surface area contributed by atoms with E-state index in [-0.39, 0.29) is 18.4 Å². The van der Waals surface area contributed by atoms with Crippen LogP contribution < -0.4 is 5.32 Å². The number of hydrogen-bond donors (Lipinski definition) is 2. The van der Waals surface area contributed by atoms with Crippen molar-refractivity contribution in [1.82, 2.24) is 10.2 Å². The van der Waals surface area contributed by atoms with Crippen LogP contribution in [0.4, 0.5) is 4.79 Å². The quantitative estimate of drug-likeness (QED) is 0.826. The molecule has 0 saturated carbocycles. The summed E-state index contributed by atoms with van der Waals surface area (Å²) < 4.78 is 0. The lowest BCUT2D eigenvalue weighted by Crippen LogP contribution is -2.47. The predicted octanol–water partition coefficient (Wildman–Crippen LogP) is 1.73. The number of piperidine rings is 1. The number of thioether (sulfide) groups is 2. The largest absolute Gasteiger partial charge is 0.481 e. The molecule has 5 nitrogen and oxygen atoms in total. The molecule has 0 aliphatic carbocycles. The van der Waals surface area contributed by atoms with E-state index in [4.69, 9.17) is 5.11 Å². The number of aliphatic carboxylic acids is 1. The first-order valence-corrected chi connectivity index (χ1v) is 9.29. The molecule has 2 heterocycles. The molecule has 2 unspecified atom stereocenters. The molecule has 0 aromatic carbocycles. The monoisotopic (exact) mass is 318 g/mol. The molecule has 114 valence electrons. The molecule has 7 heteroatoms. The second-order valence-electron chi connectivity index (χ2n) is 5.31. The van der Waals surface area contributed by atoms with E-state index in [2.05, 4.69) is 5.32 Å². The maximum absolute atomic E-state index is 12.1. The molecule has 2 saturated heterocycles. The molecular formula is C13H22N2O3S2. The normalized spacial score (nSPS) is 27.1. The first-order chi connectivity index (χ1) is 9.65. The molecule has 2 atom stereocenters. The molecule has 2 aliphatic rings. The van der Waals surface area contributed by atoms with Gasteiger partial charge in [-0.2, -0.15) is 23.5 Å². The average Bonchev–Trinajstić information content (AvgIpc) is 2.45. The van der Waals surface area contributed by atoms with Crippen LogP contribution in [0.15, 0.2) is 0 Å². The Hall–Kier alpha value is -0.560. The number of hydrogen-bond acceptors (Lipinski definition) is 4. The first kappa shape index (κ1) is 15.8. The zero-order valence-corrected chi connectivity index (χ0v) is 13.2. The summed E-state index contributed by atoms with van der Waals surface area (Å²) in [5, 5.41) is 12.4. The van der Waals surface area contributed by atoms with Gasteiger partial charge in [0.25, 0.3) is 0 Å². The Morgan fingerprint density at radius 1 is 1.35 bits per heavy atom. The summed E-state index contributed by atoms with van der Waals surface area (Å²) in [6, 6.07) is -0.0312. The number of amides is 2. The lowest BCUT2D eigenvalue weighted by Gasteiger charge is -2.32. The molecule has 20 heavy (non-hydrogen) atoms. The molecule has 0 spiro atoms. The van der Waals surface area contributed by atoms with E-state index in [1.807, 2.05) is 23.5 Å². The Balaban J connectivity index is 1.72. The number of rotatable bonds is 4. The lowest BCUT2D eigenvalue weighted by atomic mass is 9.95. The standard InChI is InChI=1S/C13H22N2O3S2/c16-12(17)6-10-2-1-3-15(8-10)13(18)14-7-11-9-19-4-5-20-11/h10-11H,1-9H2,(H,14,18)(H,16,17). The molecule has 2 fully saturated rings. The molecular weight excluding hydrogens is 296 g/mol. The van der Waals surface area contributed by atoms with E-state index < -0.39 is 5.97 Å². The summed E-state index contributed by atoms with van der Waals surface area (Å²) in [6.07, 6.45) is 1.98. The van der Waals surface area contributed by atoms with Gasteiger partial charge in [-0.25, -0.2) is 4.79 Å². The SMILES string of the molecule is O=C(O)CC1CCCN(C(=O)NCC2CSCCS2)C1. The van der Waals surface area contributed by atoms with Gasteiger partial charge in [-0.1, -0.05) is 0 Å². The zero-order chi connectivity index (χ0) is 14.4. The van der Waals surface area contributed by atoms with Crippen LogP contribution in [-0.4, -0.2) is 64.1 Å². The van der Waals surface area contributed by atoms with Crippen molar-refractivity contribution in [3.05, 3.63) is 0 Å². The lowest BCUT2D eigenvalue weighted by molar-refractivity contribution is -0.138. The van der Waals surface area contributed by atoms with Crippen LogP contribution >= 0.6 is 23.5 Å². The smallest absolute Gasteiger partial charge is 0.317 e. The third kappa shape index (κ3) is 5.09. The third-order valence-electron chi connectivity index (χ3n) is 3.64. The summed E-state index contributed by atoms with van der Waals surface area (Å²) in [5.74, 6) is 2.81. The Labute approximate surface area is 128 Å². The molecule has 2 aliphatic heterocycles. The number of carbonyl (C=O) groups is 2. The average molecular weight is 318 g/mol. The van der Waals surface area contributed by atoms with Crippen LogP contribution in [0.3, 0.4) is 0 Å². The molecule has 2 N–H and O–H groups in total. The van der Waals surface area contributed by atoms with Crippen molar-refractivity contribution in [2.24, 2.45) is 5.92 Å². The number of likely N-dealkylation sites (tertiary alicyclic amines) is 1. The maximum atomic E-state index is 12.1. The zero-order valence-electron chi connectivity index (χ0n) is 11.5. The van der Waals surface area contributed by atoms with Crippen molar-refractivity contribution in [2.75, 3.05) is 36.9 Å². The topological polar surface area (TPSA) is 69.6 Å². The Bertz CT molecular complexity index is 349. The highest BCUT2D eigenvalue weighted by Gasteiger charge is 2.25. The van der Waals surface area contributed by atoms with Crippen molar-refractivity contribution in [2.45, 2.75) is 24.5 Å². The second-order valence-corrected chi connectivity index (χ2v) is 7.86. The Morgan fingerprint density at radius 3 is 2.90 bits per heavy atom. The fraction of sp³-hybridized carbons (Fsp3) is 0.846. The van der Waals surface area contributed by atoms with Crippen LogP contribution in [0.25, 0.3) is 0 Å². The van der Waals surface area contributed by atoms with E-state index >= 15 is 0 Å². The van der Waals surface area contributed by atoms with Crippen molar-refractivity contribution < 1.29 is 14.7 Å². The van der Waals surface area contributed by atoms with Crippen LogP contribution in [0, 0.1) is 5.92 Å². The van der Waals surface area contributed by atoms with E-state index in [1.165, 1.54) is 5.75 Å². The van der Waals surface area contributed by atoms with Gasteiger partial charge < -0.3 is 15.3 Å². The molecule has 0 aromatic rings. The highest BCUT2D eigenvalue weighted by molar-refractivity contribution is 8.06. The molecule has 0 radical (unpaired) electrons. The van der Waals surface area contributed by atoms with Gasteiger partial charge >= 0.3 is 12.0 Å². The van der Waals surface area contributed by atoms with Crippen LogP contribution in [0.5, 0.6) is 0 Å². The fourth-order valence-electron chi connectivity index (χ4n) is 2.63. The predicted molar refractivity (Wildman–Crippen MR) is 83.5 cm³/mol. The van der Waals surface area contributed by atoms with Crippen LogP contribution in [-0.2, 0) is 4.79 Å². The van der Waals surface area contributed by atoms with Gasteiger partial charge in [0.05, 0.1) is 0 Å². The van der Waals surface area contributed by atoms with Gasteiger partial charge in [-0.3, -0.25) is 4.79 Å². The van der Waals surface area contributed by atoms with Crippen LogP contribution in [0.1, 0.15) is 19.3 Å². The van der Waals surface area contributed by atoms with Crippen molar-refractivity contribution in [3.63, 3.8) is 0 Å². The molecule has 2 rings (SSSR count). The highest BCUT2D eigenvalue weighted by atomic mass is 32.2. The summed E-state index contributed by atoms with van der Waals surface area (Å²) in [6.45, 7) is 2.04. The molecule has 2 amide bonds. The van der Waals surface area contributed by atoms with E-state index in [0.717, 1.165) is 37.4 Å². The summed E-state index contributed by atoms with van der Waals surface area (Å²) in [4.78, 5) is 24.7. The minimum absolute atomic E-state index is 0.0312. The van der Waals surface area contributed by atoms with Gasteiger partial charge in [0, 0.05) is 48.6 Å².